The summed E-state index contributed by atoms with van der Waals surface area (Å²) >= 11 is 0. The Hall–Kier alpha value is -1.86. The van der Waals surface area contributed by atoms with Crippen molar-refractivity contribution < 1.29 is 19.1 Å². The highest BCUT2D eigenvalue weighted by molar-refractivity contribution is 5.64. The van der Waals surface area contributed by atoms with Crippen LogP contribution in [-0.2, 0) is 15.9 Å². The van der Waals surface area contributed by atoms with E-state index in [1.54, 1.807) is 12.1 Å². The van der Waals surface area contributed by atoms with Crippen molar-refractivity contribution in [2.45, 2.75) is 32.0 Å². The molecule has 0 aromatic heterocycles. The van der Waals surface area contributed by atoms with Gasteiger partial charge in [0.25, 0.3) is 0 Å². The van der Waals surface area contributed by atoms with Gasteiger partial charge in [0, 0.05) is 43.8 Å². The predicted octanol–water partition coefficient (Wildman–Crippen LogP) is 2.51. The lowest BCUT2D eigenvalue weighted by molar-refractivity contribution is -0.385. The van der Waals surface area contributed by atoms with Crippen LogP contribution in [-0.4, -0.2) is 44.1 Å². The highest BCUT2D eigenvalue weighted by Gasteiger charge is 2.40. The highest BCUT2D eigenvalue weighted by atomic mass is 16.7. The van der Waals surface area contributed by atoms with Crippen LogP contribution in [0, 0.1) is 10.1 Å². The number of hydrogen-bond acceptors (Lipinski definition) is 6. The molecule has 23 heavy (non-hydrogen) atoms. The number of nitro benzene ring substituents is 1. The van der Waals surface area contributed by atoms with E-state index in [4.69, 9.17) is 14.2 Å². The summed E-state index contributed by atoms with van der Waals surface area (Å²) in [5.41, 5.74) is 1.98. The van der Waals surface area contributed by atoms with Gasteiger partial charge < -0.3 is 19.1 Å². The van der Waals surface area contributed by atoms with Crippen LogP contribution in [0.1, 0.15) is 25.3 Å². The van der Waals surface area contributed by atoms with Gasteiger partial charge in [-0.15, -0.1) is 0 Å². The van der Waals surface area contributed by atoms with Crippen LogP contribution < -0.4 is 9.64 Å². The first-order chi connectivity index (χ1) is 11.1. The van der Waals surface area contributed by atoms with E-state index >= 15 is 0 Å². The molecule has 0 aliphatic carbocycles. The largest absolute Gasteiger partial charge is 0.490 e. The molecule has 1 aromatic carbocycles. The monoisotopic (exact) mass is 322 g/mol. The predicted molar refractivity (Wildman–Crippen MR) is 85.1 cm³/mol. The van der Waals surface area contributed by atoms with Gasteiger partial charge in [-0.2, -0.15) is 0 Å². The normalized spacial score (nSPS) is 20.0. The fourth-order valence-corrected chi connectivity index (χ4v) is 3.36. The molecule has 2 saturated heterocycles. The van der Waals surface area contributed by atoms with Gasteiger partial charge in [-0.25, -0.2) is 0 Å². The van der Waals surface area contributed by atoms with Crippen molar-refractivity contribution in [2.24, 2.45) is 0 Å². The minimum Gasteiger partial charge on any atom is -0.490 e. The number of ether oxygens (including phenoxy) is 3. The van der Waals surface area contributed by atoms with Crippen LogP contribution in [0.2, 0.25) is 0 Å². The summed E-state index contributed by atoms with van der Waals surface area (Å²) in [5, 5.41) is 11.2. The molecule has 2 fully saturated rings. The number of benzene rings is 1. The number of piperidine rings is 1. The van der Waals surface area contributed by atoms with Crippen molar-refractivity contribution in [2.75, 3.05) is 38.3 Å². The zero-order chi connectivity index (χ0) is 16.4. The van der Waals surface area contributed by atoms with Gasteiger partial charge in [0.2, 0.25) is 0 Å². The second-order valence-corrected chi connectivity index (χ2v) is 5.86. The Labute approximate surface area is 135 Å². The summed E-state index contributed by atoms with van der Waals surface area (Å²) in [5.74, 6) is -0.121. The number of methoxy groups -OCH3 is 1. The number of aryl methyl sites for hydroxylation is 1. The third kappa shape index (κ3) is 2.98. The molecule has 0 atom stereocenters. The fraction of sp³-hybridized carbons (Fsp3) is 0.625. The van der Waals surface area contributed by atoms with Crippen LogP contribution in [0.3, 0.4) is 0 Å². The van der Waals surface area contributed by atoms with Crippen LogP contribution in [0.15, 0.2) is 12.1 Å². The average molecular weight is 322 g/mol. The Morgan fingerprint density at radius 3 is 2.48 bits per heavy atom. The minimum atomic E-state index is -0.423. The quantitative estimate of drug-likeness (QED) is 0.626. The van der Waals surface area contributed by atoms with Gasteiger partial charge >= 0.3 is 5.69 Å². The molecular weight excluding hydrogens is 300 g/mol. The van der Waals surface area contributed by atoms with E-state index in [1.807, 2.05) is 6.92 Å². The first-order valence-corrected chi connectivity index (χ1v) is 7.97. The molecule has 3 rings (SSSR count). The van der Waals surface area contributed by atoms with Crippen LogP contribution in [0.25, 0.3) is 0 Å². The van der Waals surface area contributed by atoms with E-state index in [0.29, 0.717) is 19.0 Å². The van der Waals surface area contributed by atoms with E-state index in [0.717, 1.165) is 43.6 Å². The van der Waals surface area contributed by atoms with Gasteiger partial charge in [-0.1, -0.05) is 6.92 Å². The van der Waals surface area contributed by atoms with Crippen molar-refractivity contribution in [3.8, 4) is 5.75 Å². The lowest BCUT2D eigenvalue weighted by Crippen LogP contribution is -2.45. The van der Waals surface area contributed by atoms with E-state index in [-0.39, 0.29) is 5.69 Å². The molecule has 2 aliphatic rings. The van der Waals surface area contributed by atoms with Crippen molar-refractivity contribution in [1.82, 2.24) is 0 Å². The van der Waals surface area contributed by atoms with Crippen LogP contribution in [0.4, 0.5) is 11.4 Å². The van der Waals surface area contributed by atoms with E-state index in [2.05, 4.69) is 4.90 Å². The summed E-state index contributed by atoms with van der Waals surface area (Å²) < 4.78 is 16.7. The zero-order valence-electron chi connectivity index (χ0n) is 13.5. The second-order valence-electron chi connectivity index (χ2n) is 5.86. The van der Waals surface area contributed by atoms with Gasteiger partial charge in [-0.3, -0.25) is 10.1 Å². The van der Waals surface area contributed by atoms with E-state index in [1.165, 1.54) is 7.11 Å². The number of nitro groups is 1. The van der Waals surface area contributed by atoms with Gasteiger partial charge in [0.15, 0.2) is 11.5 Å². The molecule has 0 unspecified atom stereocenters. The Balaban J connectivity index is 1.86. The van der Waals surface area contributed by atoms with E-state index < -0.39 is 10.7 Å². The molecule has 0 amide bonds. The molecule has 0 radical (unpaired) electrons. The molecule has 1 spiro atoms. The lowest BCUT2D eigenvalue weighted by atomic mass is 10.0. The third-order valence-electron chi connectivity index (χ3n) is 4.64. The topological polar surface area (TPSA) is 74.1 Å². The molecule has 126 valence electrons. The molecule has 1 aromatic rings. The SMILES string of the molecule is CCc1cc([N+](=O)[O-])c(OC)cc1N1CCC2(CC1)OCCO2. The zero-order valence-corrected chi connectivity index (χ0v) is 13.5. The highest BCUT2D eigenvalue weighted by Crippen LogP contribution is 2.38. The molecule has 7 heteroatoms. The minimum absolute atomic E-state index is 0.0176. The standard InChI is InChI=1S/C16H22N2O5/c1-3-12-10-14(18(19)20)15(21-2)11-13(12)17-6-4-16(5-7-17)22-8-9-23-16/h10-11H,3-9H2,1-2H3. The summed E-state index contributed by atoms with van der Waals surface area (Å²) in [6, 6.07) is 3.41. The maximum atomic E-state index is 11.2. The van der Waals surface area contributed by atoms with Gasteiger partial charge in [-0.05, 0) is 12.0 Å². The van der Waals surface area contributed by atoms with E-state index in [9.17, 15) is 10.1 Å². The van der Waals surface area contributed by atoms with Crippen molar-refractivity contribution >= 4 is 11.4 Å². The molecule has 0 N–H and O–H groups in total. The van der Waals surface area contributed by atoms with Crippen LogP contribution >= 0.6 is 0 Å². The first kappa shape index (κ1) is 16.0. The van der Waals surface area contributed by atoms with Crippen molar-refractivity contribution in [1.29, 1.82) is 0 Å². The Morgan fingerprint density at radius 2 is 1.96 bits per heavy atom. The van der Waals surface area contributed by atoms with Crippen molar-refractivity contribution in [3.63, 3.8) is 0 Å². The fourth-order valence-electron chi connectivity index (χ4n) is 3.36. The maximum Gasteiger partial charge on any atom is 0.311 e. The lowest BCUT2D eigenvalue weighted by Gasteiger charge is -2.39. The second kappa shape index (κ2) is 6.33. The number of rotatable bonds is 4. The molecular formula is C16H22N2O5. The molecule has 2 aliphatic heterocycles. The van der Waals surface area contributed by atoms with Gasteiger partial charge in [0.1, 0.15) is 0 Å². The number of nitrogens with zero attached hydrogens (tertiary/aromatic N) is 2. The summed E-state index contributed by atoms with van der Waals surface area (Å²) in [6.07, 6.45) is 2.33. The Kier molecular flexibility index (Phi) is 4.41. The smallest absolute Gasteiger partial charge is 0.311 e. The van der Waals surface area contributed by atoms with Crippen molar-refractivity contribution in [3.05, 3.63) is 27.8 Å². The molecule has 0 saturated carbocycles. The van der Waals surface area contributed by atoms with Crippen LogP contribution in [0.5, 0.6) is 5.75 Å². The average Bonchev–Trinajstić information content (AvgIpc) is 3.02. The summed E-state index contributed by atoms with van der Waals surface area (Å²) in [7, 11) is 1.46. The Morgan fingerprint density at radius 1 is 1.30 bits per heavy atom. The van der Waals surface area contributed by atoms with Gasteiger partial charge in [0.05, 0.1) is 25.2 Å². The Bertz CT molecular complexity index is 588. The summed E-state index contributed by atoms with van der Waals surface area (Å²) in [4.78, 5) is 13.0. The molecule has 2 heterocycles. The first-order valence-electron chi connectivity index (χ1n) is 7.97. The number of hydrogen-bond donors (Lipinski definition) is 0. The summed E-state index contributed by atoms with van der Waals surface area (Å²) in [6.45, 7) is 4.92. The molecule has 0 bridgehead atoms. The number of anilines is 1. The molecule has 7 nitrogen and oxygen atoms in total. The third-order valence-corrected chi connectivity index (χ3v) is 4.64. The maximum absolute atomic E-state index is 11.2.